The van der Waals surface area contributed by atoms with E-state index < -0.39 is 18.5 Å². The highest BCUT2D eigenvalue weighted by molar-refractivity contribution is 5.93. The molecule has 0 unspecified atom stereocenters. The van der Waals surface area contributed by atoms with E-state index in [1.54, 1.807) is 6.07 Å². The molecule has 7 heteroatoms. The fraction of sp³-hybridized carbons (Fsp3) is 0.429. The highest BCUT2D eigenvalue weighted by Crippen LogP contribution is 2.32. The Morgan fingerprint density at radius 1 is 1.29 bits per heavy atom. The molecule has 21 heavy (non-hydrogen) atoms. The number of carbonyl (C=O) groups is 2. The van der Waals surface area contributed by atoms with Gasteiger partial charge in [0.1, 0.15) is 5.75 Å². The van der Waals surface area contributed by atoms with Gasteiger partial charge in [0.15, 0.2) is 0 Å². The van der Waals surface area contributed by atoms with Crippen LogP contribution >= 0.6 is 0 Å². The van der Waals surface area contributed by atoms with Crippen molar-refractivity contribution < 1.29 is 28.2 Å². The van der Waals surface area contributed by atoms with Crippen LogP contribution in [0.25, 0.3) is 0 Å². The van der Waals surface area contributed by atoms with Gasteiger partial charge < -0.3 is 15.2 Å². The number of aliphatic carboxylic acids is 1. The van der Waals surface area contributed by atoms with Crippen molar-refractivity contribution in [2.24, 2.45) is 11.8 Å². The Kier molecular flexibility index (Phi) is 4.72. The average molecular weight is 299 g/mol. The van der Waals surface area contributed by atoms with Gasteiger partial charge in [0.2, 0.25) is 5.91 Å². The molecule has 0 saturated heterocycles. The Labute approximate surface area is 119 Å². The summed E-state index contributed by atoms with van der Waals surface area (Å²) < 4.78 is 28.5. The Bertz CT molecular complexity index is 535. The molecule has 0 heterocycles. The zero-order valence-electron chi connectivity index (χ0n) is 11.1. The van der Waals surface area contributed by atoms with Gasteiger partial charge in [-0.3, -0.25) is 9.59 Å². The van der Waals surface area contributed by atoms with Crippen LogP contribution in [0, 0.1) is 11.8 Å². The summed E-state index contributed by atoms with van der Waals surface area (Å²) in [6.07, 6.45) is 1.28. The number of carbonyl (C=O) groups excluding carboxylic acids is 1. The minimum atomic E-state index is -2.93. The number of nitrogens with one attached hydrogen (secondary N) is 1. The van der Waals surface area contributed by atoms with E-state index in [2.05, 4.69) is 10.1 Å². The lowest BCUT2D eigenvalue weighted by Gasteiger charge is -2.12. The maximum Gasteiger partial charge on any atom is 0.387 e. The number of amides is 1. The smallest absolute Gasteiger partial charge is 0.387 e. The van der Waals surface area contributed by atoms with Gasteiger partial charge >= 0.3 is 12.6 Å². The molecular weight excluding hydrogens is 284 g/mol. The number of halogens is 2. The molecule has 1 amide bonds. The first kappa shape index (κ1) is 15.2. The van der Waals surface area contributed by atoms with Crippen LogP contribution in [-0.4, -0.2) is 23.6 Å². The van der Waals surface area contributed by atoms with Gasteiger partial charge in [0, 0.05) is 17.7 Å². The first-order chi connectivity index (χ1) is 9.95. The van der Waals surface area contributed by atoms with E-state index in [-0.39, 0.29) is 17.6 Å². The number of rotatable bonds is 5. The molecule has 114 valence electrons. The van der Waals surface area contributed by atoms with Gasteiger partial charge in [0.05, 0.1) is 5.92 Å². The third kappa shape index (κ3) is 4.14. The number of hydrogen-bond donors (Lipinski definition) is 2. The summed E-state index contributed by atoms with van der Waals surface area (Å²) in [6, 6.07) is 5.70. The maximum atomic E-state index is 12.1. The van der Waals surface area contributed by atoms with Crippen LogP contribution < -0.4 is 10.1 Å². The number of alkyl halides is 2. The molecule has 0 spiro atoms. The summed E-state index contributed by atoms with van der Waals surface area (Å²) in [4.78, 5) is 22.9. The predicted molar refractivity (Wildman–Crippen MR) is 70.2 cm³/mol. The largest absolute Gasteiger partial charge is 0.481 e. The predicted octanol–water partition coefficient (Wildman–Crippen LogP) is 2.73. The van der Waals surface area contributed by atoms with Gasteiger partial charge in [-0.1, -0.05) is 6.07 Å². The summed E-state index contributed by atoms with van der Waals surface area (Å²) in [5.41, 5.74) is 0.344. The van der Waals surface area contributed by atoms with E-state index in [0.29, 0.717) is 24.9 Å². The van der Waals surface area contributed by atoms with Crippen LogP contribution in [0.4, 0.5) is 14.5 Å². The van der Waals surface area contributed by atoms with E-state index in [1.807, 2.05) is 0 Å². The summed E-state index contributed by atoms with van der Waals surface area (Å²) in [5.74, 6) is -2.09. The minimum Gasteiger partial charge on any atom is -0.481 e. The van der Waals surface area contributed by atoms with Crippen molar-refractivity contribution in [3.05, 3.63) is 24.3 Å². The molecule has 2 N–H and O–H groups in total. The topological polar surface area (TPSA) is 75.6 Å². The minimum absolute atomic E-state index is 0.0439. The number of carboxylic acid groups (broad SMARTS) is 1. The molecule has 0 radical (unpaired) electrons. The zero-order chi connectivity index (χ0) is 15.4. The number of carboxylic acids is 1. The maximum absolute atomic E-state index is 12.1. The van der Waals surface area contributed by atoms with Crippen LogP contribution in [-0.2, 0) is 9.59 Å². The van der Waals surface area contributed by atoms with Crippen LogP contribution in [0.3, 0.4) is 0 Å². The third-order valence-electron chi connectivity index (χ3n) is 3.48. The van der Waals surface area contributed by atoms with E-state index in [1.165, 1.54) is 18.2 Å². The second-order valence-corrected chi connectivity index (χ2v) is 4.94. The fourth-order valence-corrected chi connectivity index (χ4v) is 2.44. The SMILES string of the molecule is O=C(O)[C@@H]1CC[C@H](C(=O)Nc2cccc(OC(F)F)c2)C1. The lowest BCUT2D eigenvalue weighted by Crippen LogP contribution is -2.21. The fourth-order valence-electron chi connectivity index (χ4n) is 2.44. The third-order valence-corrected chi connectivity index (χ3v) is 3.48. The molecule has 2 atom stereocenters. The number of benzene rings is 1. The summed E-state index contributed by atoms with van der Waals surface area (Å²) in [7, 11) is 0. The second kappa shape index (κ2) is 6.51. The van der Waals surface area contributed by atoms with Crippen molar-refractivity contribution in [1.29, 1.82) is 0 Å². The van der Waals surface area contributed by atoms with E-state index in [0.717, 1.165) is 0 Å². The molecule has 2 rings (SSSR count). The quantitative estimate of drug-likeness (QED) is 0.876. The van der Waals surface area contributed by atoms with Gasteiger partial charge in [-0.15, -0.1) is 0 Å². The van der Waals surface area contributed by atoms with Crippen LogP contribution in [0.5, 0.6) is 5.75 Å². The Hall–Kier alpha value is -2.18. The van der Waals surface area contributed by atoms with Gasteiger partial charge in [0.25, 0.3) is 0 Å². The summed E-state index contributed by atoms with van der Waals surface area (Å²) in [5, 5.41) is 11.5. The van der Waals surface area contributed by atoms with Crippen molar-refractivity contribution in [2.75, 3.05) is 5.32 Å². The molecule has 0 aliphatic heterocycles. The van der Waals surface area contributed by atoms with Crippen molar-refractivity contribution in [3.63, 3.8) is 0 Å². The van der Waals surface area contributed by atoms with Gasteiger partial charge in [-0.05, 0) is 31.4 Å². The molecule has 1 aliphatic rings. The first-order valence-corrected chi connectivity index (χ1v) is 6.54. The molecule has 5 nitrogen and oxygen atoms in total. The summed E-state index contributed by atoms with van der Waals surface area (Å²) >= 11 is 0. The van der Waals surface area contributed by atoms with Crippen LogP contribution in [0.15, 0.2) is 24.3 Å². The molecule has 1 fully saturated rings. The average Bonchev–Trinajstić information content (AvgIpc) is 2.88. The van der Waals surface area contributed by atoms with Crippen molar-refractivity contribution in [1.82, 2.24) is 0 Å². The molecule has 1 aliphatic carbocycles. The lowest BCUT2D eigenvalue weighted by atomic mass is 10.0. The first-order valence-electron chi connectivity index (χ1n) is 6.54. The monoisotopic (exact) mass is 299 g/mol. The van der Waals surface area contributed by atoms with Crippen molar-refractivity contribution in [2.45, 2.75) is 25.9 Å². The lowest BCUT2D eigenvalue weighted by molar-refractivity contribution is -0.141. The summed E-state index contributed by atoms with van der Waals surface area (Å²) in [6.45, 7) is -2.93. The molecule has 1 saturated carbocycles. The van der Waals surface area contributed by atoms with Gasteiger partial charge in [-0.2, -0.15) is 8.78 Å². The number of anilines is 1. The van der Waals surface area contributed by atoms with Crippen molar-refractivity contribution in [3.8, 4) is 5.75 Å². The molecule has 1 aromatic carbocycles. The molecule has 1 aromatic rings. The second-order valence-electron chi connectivity index (χ2n) is 4.94. The molecule has 0 aromatic heterocycles. The normalized spacial score (nSPS) is 21.3. The van der Waals surface area contributed by atoms with Crippen LogP contribution in [0.2, 0.25) is 0 Å². The van der Waals surface area contributed by atoms with E-state index >= 15 is 0 Å². The Morgan fingerprint density at radius 2 is 2.00 bits per heavy atom. The van der Waals surface area contributed by atoms with E-state index in [4.69, 9.17) is 5.11 Å². The van der Waals surface area contributed by atoms with E-state index in [9.17, 15) is 18.4 Å². The number of ether oxygens (including phenoxy) is 1. The Morgan fingerprint density at radius 3 is 2.62 bits per heavy atom. The molecule has 0 bridgehead atoms. The Balaban J connectivity index is 1.95. The standard InChI is InChI=1S/C14H15F2NO4/c15-14(16)21-11-3-1-2-10(7-11)17-12(18)8-4-5-9(6-8)13(19)20/h1-3,7-9,14H,4-6H2,(H,17,18)(H,19,20)/t8-,9+/m0/s1. The van der Waals surface area contributed by atoms with Crippen LogP contribution in [0.1, 0.15) is 19.3 Å². The zero-order valence-corrected chi connectivity index (χ0v) is 11.1. The highest BCUT2D eigenvalue weighted by Gasteiger charge is 2.33. The highest BCUT2D eigenvalue weighted by atomic mass is 19.3. The van der Waals surface area contributed by atoms with Crippen molar-refractivity contribution >= 4 is 17.6 Å². The number of hydrogen-bond acceptors (Lipinski definition) is 3. The molecular formula is C14H15F2NO4. The van der Waals surface area contributed by atoms with Gasteiger partial charge in [-0.25, -0.2) is 0 Å².